The Labute approximate surface area is 154 Å². The van der Waals surface area contributed by atoms with Crippen LogP contribution in [0.3, 0.4) is 0 Å². The van der Waals surface area contributed by atoms with Crippen molar-refractivity contribution in [2.75, 3.05) is 26.2 Å². The molecule has 0 spiro atoms. The highest BCUT2D eigenvalue weighted by Gasteiger charge is 2.21. The smallest absolute Gasteiger partial charge is 0.224 e. The van der Waals surface area contributed by atoms with E-state index < -0.39 is 0 Å². The fraction of sp³-hybridized carbons (Fsp3) is 0.476. The van der Waals surface area contributed by atoms with E-state index in [1.54, 1.807) is 6.07 Å². The SMILES string of the molecule is Cc1ccc(C(C)CCN2CCC(=O)N(Cc3cccc(F)c3)CC2)o1. The topological polar surface area (TPSA) is 36.7 Å². The second kappa shape index (κ2) is 8.49. The molecule has 0 aliphatic carbocycles. The molecule has 1 aromatic heterocycles. The molecule has 1 saturated heterocycles. The summed E-state index contributed by atoms with van der Waals surface area (Å²) in [6.45, 7) is 7.88. The van der Waals surface area contributed by atoms with E-state index in [0.29, 0.717) is 25.4 Å². The zero-order chi connectivity index (χ0) is 18.5. The molecule has 1 aliphatic rings. The van der Waals surface area contributed by atoms with Crippen molar-refractivity contribution < 1.29 is 13.6 Å². The minimum Gasteiger partial charge on any atom is -0.466 e. The second-order valence-corrected chi connectivity index (χ2v) is 7.17. The Morgan fingerprint density at radius 1 is 1.19 bits per heavy atom. The van der Waals surface area contributed by atoms with Crippen molar-refractivity contribution in [2.45, 2.75) is 39.2 Å². The van der Waals surface area contributed by atoms with Crippen LogP contribution in [0, 0.1) is 12.7 Å². The maximum Gasteiger partial charge on any atom is 0.224 e. The molecule has 0 saturated carbocycles. The second-order valence-electron chi connectivity index (χ2n) is 7.17. The van der Waals surface area contributed by atoms with Crippen LogP contribution >= 0.6 is 0 Å². The highest BCUT2D eigenvalue weighted by molar-refractivity contribution is 5.76. The summed E-state index contributed by atoms with van der Waals surface area (Å²) in [7, 11) is 0. The number of aryl methyl sites for hydroxylation is 1. The van der Waals surface area contributed by atoms with E-state index in [4.69, 9.17) is 4.42 Å². The van der Waals surface area contributed by atoms with Gasteiger partial charge in [0.1, 0.15) is 17.3 Å². The van der Waals surface area contributed by atoms with E-state index in [9.17, 15) is 9.18 Å². The lowest BCUT2D eigenvalue weighted by molar-refractivity contribution is -0.130. The lowest BCUT2D eigenvalue weighted by Crippen LogP contribution is -2.33. The lowest BCUT2D eigenvalue weighted by Gasteiger charge is -2.23. The predicted molar refractivity (Wildman–Crippen MR) is 99.4 cm³/mol. The summed E-state index contributed by atoms with van der Waals surface area (Å²) >= 11 is 0. The van der Waals surface area contributed by atoms with Crippen molar-refractivity contribution in [3.63, 3.8) is 0 Å². The maximum atomic E-state index is 13.4. The molecule has 140 valence electrons. The molecule has 3 rings (SSSR count). The maximum absolute atomic E-state index is 13.4. The standard InChI is InChI=1S/C21H27FN2O2/c1-16(20-7-6-17(2)26-20)8-10-23-11-9-21(25)24(13-12-23)15-18-4-3-5-19(22)14-18/h3-7,14,16H,8-13,15H2,1-2H3. The summed E-state index contributed by atoms with van der Waals surface area (Å²) in [6.07, 6.45) is 1.52. The van der Waals surface area contributed by atoms with E-state index in [0.717, 1.165) is 43.1 Å². The zero-order valence-electron chi connectivity index (χ0n) is 15.6. The summed E-state index contributed by atoms with van der Waals surface area (Å²) in [5.41, 5.74) is 0.841. The largest absolute Gasteiger partial charge is 0.466 e. The molecular formula is C21H27FN2O2. The van der Waals surface area contributed by atoms with Crippen molar-refractivity contribution in [1.82, 2.24) is 9.80 Å². The Morgan fingerprint density at radius 2 is 2.04 bits per heavy atom. The van der Waals surface area contributed by atoms with Gasteiger partial charge in [-0.1, -0.05) is 19.1 Å². The van der Waals surface area contributed by atoms with Crippen molar-refractivity contribution in [1.29, 1.82) is 0 Å². The average Bonchev–Trinajstić information content (AvgIpc) is 2.98. The van der Waals surface area contributed by atoms with E-state index in [1.807, 2.05) is 30.0 Å². The van der Waals surface area contributed by atoms with Gasteiger partial charge in [0, 0.05) is 38.5 Å². The Kier molecular flexibility index (Phi) is 6.09. The molecule has 1 amide bonds. The van der Waals surface area contributed by atoms with Gasteiger partial charge in [0.15, 0.2) is 0 Å². The highest BCUT2D eigenvalue weighted by atomic mass is 19.1. The van der Waals surface area contributed by atoms with Gasteiger partial charge in [0.2, 0.25) is 5.91 Å². The summed E-state index contributed by atoms with van der Waals surface area (Å²) < 4.78 is 19.1. The van der Waals surface area contributed by atoms with Gasteiger partial charge in [0.25, 0.3) is 0 Å². The van der Waals surface area contributed by atoms with Crippen molar-refractivity contribution in [2.24, 2.45) is 0 Å². The van der Waals surface area contributed by atoms with Gasteiger partial charge in [-0.05, 0) is 49.7 Å². The van der Waals surface area contributed by atoms with Gasteiger partial charge in [-0.3, -0.25) is 4.79 Å². The number of carbonyl (C=O) groups excluding carboxylic acids is 1. The fourth-order valence-corrected chi connectivity index (χ4v) is 3.39. The molecule has 2 heterocycles. The molecule has 5 heteroatoms. The van der Waals surface area contributed by atoms with Crippen LogP contribution in [-0.2, 0) is 11.3 Å². The first-order chi connectivity index (χ1) is 12.5. The lowest BCUT2D eigenvalue weighted by atomic mass is 10.0. The number of halogens is 1. The molecule has 4 nitrogen and oxygen atoms in total. The number of furan rings is 1. The van der Waals surface area contributed by atoms with Crippen LogP contribution in [0.15, 0.2) is 40.8 Å². The Morgan fingerprint density at radius 3 is 2.77 bits per heavy atom. The van der Waals surface area contributed by atoms with Crippen LogP contribution in [0.25, 0.3) is 0 Å². The number of amides is 1. The number of hydrogen-bond acceptors (Lipinski definition) is 3. The van der Waals surface area contributed by atoms with Crippen LogP contribution in [0.1, 0.15) is 42.8 Å². The van der Waals surface area contributed by atoms with Crippen molar-refractivity contribution in [3.8, 4) is 0 Å². The van der Waals surface area contributed by atoms with Crippen LogP contribution in [0.2, 0.25) is 0 Å². The third kappa shape index (κ3) is 4.94. The first kappa shape index (κ1) is 18.6. The van der Waals surface area contributed by atoms with Crippen LogP contribution in [0.5, 0.6) is 0 Å². The fourth-order valence-electron chi connectivity index (χ4n) is 3.39. The Balaban J connectivity index is 1.51. The van der Waals surface area contributed by atoms with Gasteiger partial charge in [-0.15, -0.1) is 0 Å². The summed E-state index contributed by atoms with van der Waals surface area (Å²) in [4.78, 5) is 16.6. The van der Waals surface area contributed by atoms with E-state index in [2.05, 4.69) is 11.8 Å². The molecule has 0 bridgehead atoms. The number of hydrogen-bond donors (Lipinski definition) is 0. The third-order valence-electron chi connectivity index (χ3n) is 5.07. The predicted octanol–water partition coefficient (Wildman–Crippen LogP) is 3.96. The molecular weight excluding hydrogens is 331 g/mol. The highest BCUT2D eigenvalue weighted by Crippen LogP contribution is 2.22. The normalized spacial score (nSPS) is 17.3. The van der Waals surface area contributed by atoms with Gasteiger partial charge in [0.05, 0.1) is 0 Å². The number of rotatable bonds is 6. The minimum atomic E-state index is -0.256. The van der Waals surface area contributed by atoms with Gasteiger partial charge < -0.3 is 14.2 Å². The van der Waals surface area contributed by atoms with E-state index >= 15 is 0 Å². The number of carbonyl (C=O) groups is 1. The monoisotopic (exact) mass is 358 g/mol. The number of nitrogens with zero attached hydrogens (tertiary/aromatic N) is 2. The van der Waals surface area contributed by atoms with Crippen LogP contribution < -0.4 is 0 Å². The van der Waals surface area contributed by atoms with Gasteiger partial charge in [-0.2, -0.15) is 0 Å². The molecule has 26 heavy (non-hydrogen) atoms. The van der Waals surface area contributed by atoms with Gasteiger partial charge in [-0.25, -0.2) is 4.39 Å². The Hall–Kier alpha value is -2.14. The van der Waals surface area contributed by atoms with E-state index in [-0.39, 0.29) is 11.7 Å². The first-order valence-electron chi connectivity index (χ1n) is 9.32. The molecule has 1 aromatic carbocycles. The molecule has 2 aromatic rings. The average molecular weight is 358 g/mol. The van der Waals surface area contributed by atoms with E-state index in [1.165, 1.54) is 12.1 Å². The van der Waals surface area contributed by atoms with Gasteiger partial charge >= 0.3 is 0 Å². The quantitative estimate of drug-likeness (QED) is 0.784. The summed E-state index contributed by atoms with van der Waals surface area (Å²) in [5.74, 6) is 2.23. The molecule has 0 N–H and O–H groups in total. The molecule has 1 atom stereocenters. The molecule has 1 unspecified atom stereocenters. The molecule has 1 fully saturated rings. The van der Waals surface area contributed by atoms with Crippen molar-refractivity contribution in [3.05, 3.63) is 59.3 Å². The zero-order valence-corrected chi connectivity index (χ0v) is 15.6. The first-order valence-corrected chi connectivity index (χ1v) is 9.32. The minimum absolute atomic E-state index is 0.145. The van der Waals surface area contributed by atoms with Crippen molar-refractivity contribution >= 4 is 5.91 Å². The van der Waals surface area contributed by atoms with Crippen LogP contribution in [0.4, 0.5) is 4.39 Å². The summed E-state index contributed by atoms with van der Waals surface area (Å²) in [5, 5.41) is 0. The summed E-state index contributed by atoms with van der Waals surface area (Å²) in [6, 6.07) is 10.5. The molecule has 0 radical (unpaired) electrons. The third-order valence-corrected chi connectivity index (χ3v) is 5.07. The Bertz CT molecular complexity index is 743. The molecule has 1 aliphatic heterocycles. The number of benzene rings is 1. The van der Waals surface area contributed by atoms with Crippen LogP contribution in [-0.4, -0.2) is 41.9 Å².